The molecular weight excluding hydrogens is 392 g/mol. The zero-order chi connectivity index (χ0) is 17.9. The number of nitrogens with zero attached hydrogens (tertiary/aromatic N) is 1. The van der Waals surface area contributed by atoms with Gasteiger partial charge in [0.25, 0.3) is 0 Å². The van der Waals surface area contributed by atoms with Crippen molar-refractivity contribution in [2.45, 2.75) is 13.8 Å². The lowest BCUT2D eigenvalue weighted by Gasteiger charge is -2.22. The molecule has 24 heavy (non-hydrogen) atoms. The van der Waals surface area contributed by atoms with Crippen LogP contribution in [0.3, 0.4) is 0 Å². The maximum Gasteiger partial charge on any atom is 0.245 e. The molecule has 0 saturated heterocycles. The van der Waals surface area contributed by atoms with E-state index in [-0.39, 0.29) is 6.54 Å². The van der Waals surface area contributed by atoms with E-state index in [0.717, 1.165) is 26.2 Å². The van der Waals surface area contributed by atoms with E-state index in [0.29, 0.717) is 11.4 Å². The SMILES string of the molecule is Cc1ccc(NC(=O)CN(c2ccc(Br)cc2)S(C)(=O)=O)cc1C. The van der Waals surface area contributed by atoms with E-state index < -0.39 is 15.9 Å². The first-order valence-electron chi connectivity index (χ1n) is 7.27. The van der Waals surface area contributed by atoms with Crippen LogP contribution in [0, 0.1) is 13.8 Å². The topological polar surface area (TPSA) is 66.5 Å². The van der Waals surface area contributed by atoms with Crippen molar-refractivity contribution in [3.8, 4) is 0 Å². The summed E-state index contributed by atoms with van der Waals surface area (Å²) in [6.07, 6.45) is 1.08. The number of carbonyl (C=O) groups is 1. The molecule has 0 aliphatic carbocycles. The fraction of sp³-hybridized carbons (Fsp3) is 0.235. The monoisotopic (exact) mass is 410 g/mol. The molecule has 2 aromatic carbocycles. The normalized spacial score (nSPS) is 11.2. The van der Waals surface area contributed by atoms with Crippen LogP contribution in [0.15, 0.2) is 46.9 Å². The lowest BCUT2D eigenvalue weighted by Crippen LogP contribution is -2.37. The zero-order valence-corrected chi connectivity index (χ0v) is 16.1. The lowest BCUT2D eigenvalue weighted by molar-refractivity contribution is -0.114. The number of sulfonamides is 1. The summed E-state index contributed by atoms with van der Waals surface area (Å²) in [5, 5.41) is 2.74. The van der Waals surface area contributed by atoms with E-state index in [1.807, 2.05) is 26.0 Å². The molecule has 0 radical (unpaired) electrons. The lowest BCUT2D eigenvalue weighted by atomic mass is 10.1. The molecule has 0 aromatic heterocycles. The van der Waals surface area contributed by atoms with Crippen molar-refractivity contribution < 1.29 is 13.2 Å². The number of carbonyl (C=O) groups excluding carboxylic acids is 1. The summed E-state index contributed by atoms with van der Waals surface area (Å²) >= 11 is 3.31. The summed E-state index contributed by atoms with van der Waals surface area (Å²) in [6, 6.07) is 12.3. The molecule has 0 atom stereocenters. The van der Waals surface area contributed by atoms with Gasteiger partial charge in [0.15, 0.2) is 0 Å². The third kappa shape index (κ3) is 4.82. The Balaban J connectivity index is 2.18. The van der Waals surface area contributed by atoms with Crippen molar-refractivity contribution in [1.29, 1.82) is 0 Å². The molecule has 1 amide bonds. The standard InChI is InChI=1S/C17H19BrN2O3S/c1-12-4-7-15(10-13(12)2)19-17(21)11-20(24(3,22)23)16-8-5-14(18)6-9-16/h4-10H,11H2,1-3H3,(H,19,21). The van der Waals surface area contributed by atoms with Gasteiger partial charge in [-0.05, 0) is 61.4 Å². The van der Waals surface area contributed by atoms with Crippen molar-refractivity contribution in [2.24, 2.45) is 0 Å². The molecule has 2 aromatic rings. The first kappa shape index (κ1) is 18.5. The Morgan fingerprint density at radius 3 is 2.25 bits per heavy atom. The largest absolute Gasteiger partial charge is 0.325 e. The van der Waals surface area contributed by atoms with Crippen LogP contribution in [-0.2, 0) is 14.8 Å². The summed E-state index contributed by atoms with van der Waals surface area (Å²) in [6.45, 7) is 3.66. The molecule has 0 heterocycles. The minimum Gasteiger partial charge on any atom is -0.325 e. The van der Waals surface area contributed by atoms with Gasteiger partial charge in [-0.25, -0.2) is 8.42 Å². The van der Waals surface area contributed by atoms with Crippen LogP contribution >= 0.6 is 15.9 Å². The Hall–Kier alpha value is -1.86. The Kier molecular flexibility index (Phi) is 5.66. The van der Waals surface area contributed by atoms with Gasteiger partial charge in [0.1, 0.15) is 6.54 Å². The van der Waals surface area contributed by atoms with E-state index in [2.05, 4.69) is 21.2 Å². The third-order valence-corrected chi connectivity index (χ3v) is 5.26. The van der Waals surface area contributed by atoms with Gasteiger partial charge in [-0.15, -0.1) is 0 Å². The molecule has 0 aliphatic rings. The molecule has 1 N–H and O–H groups in total. The average Bonchev–Trinajstić information content (AvgIpc) is 2.49. The summed E-state index contributed by atoms with van der Waals surface area (Å²) in [5.74, 6) is -0.397. The van der Waals surface area contributed by atoms with Crippen molar-refractivity contribution in [3.05, 3.63) is 58.1 Å². The Morgan fingerprint density at radius 1 is 1.08 bits per heavy atom. The maximum absolute atomic E-state index is 12.3. The van der Waals surface area contributed by atoms with Gasteiger partial charge in [-0.2, -0.15) is 0 Å². The van der Waals surface area contributed by atoms with Crippen LogP contribution in [0.25, 0.3) is 0 Å². The minimum absolute atomic E-state index is 0.284. The molecule has 2 rings (SSSR count). The molecule has 5 nitrogen and oxygen atoms in total. The average molecular weight is 411 g/mol. The summed E-state index contributed by atoms with van der Waals surface area (Å²) in [4.78, 5) is 12.3. The van der Waals surface area contributed by atoms with Crippen LogP contribution < -0.4 is 9.62 Å². The highest BCUT2D eigenvalue weighted by Crippen LogP contribution is 2.21. The first-order valence-corrected chi connectivity index (χ1v) is 9.91. The summed E-state index contributed by atoms with van der Waals surface area (Å²) in [7, 11) is -3.58. The van der Waals surface area contributed by atoms with Crippen molar-refractivity contribution in [3.63, 3.8) is 0 Å². The van der Waals surface area contributed by atoms with Crippen LogP contribution in [0.4, 0.5) is 11.4 Å². The molecule has 0 bridgehead atoms. The molecule has 128 valence electrons. The van der Waals surface area contributed by atoms with Gasteiger partial charge in [0.05, 0.1) is 11.9 Å². The van der Waals surface area contributed by atoms with Gasteiger partial charge < -0.3 is 5.32 Å². The Labute approximate surface area is 150 Å². The predicted octanol–water partition coefficient (Wildman–Crippen LogP) is 3.47. The second-order valence-corrected chi connectivity index (χ2v) is 8.42. The highest BCUT2D eigenvalue weighted by molar-refractivity contribution is 9.10. The van der Waals surface area contributed by atoms with Gasteiger partial charge in [-0.1, -0.05) is 22.0 Å². The predicted molar refractivity (Wildman–Crippen MR) is 101 cm³/mol. The van der Waals surface area contributed by atoms with Crippen LogP contribution in [0.5, 0.6) is 0 Å². The number of amides is 1. The zero-order valence-electron chi connectivity index (χ0n) is 13.7. The van der Waals surface area contributed by atoms with Gasteiger partial charge in [-0.3, -0.25) is 9.10 Å². The molecular formula is C17H19BrN2O3S. The number of hydrogen-bond acceptors (Lipinski definition) is 3. The molecule has 0 spiro atoms. The molecule has 0 unspecified atom stereocenters. The second-order valence-electron chi connectivity index (χ2n) is 5.59. The van der Waals surface area contributed by atoms with Crippen molar-refractivity contribution >= 4 is 43.2 Å². The maximum atomic E-state index is 12.3. The summed E-state index contributed by atoms with van der Waals surface area (Å²) < 4.78 is 26.0. The second kappa shape index (κ2) is 7.36. The Bertz CT molecular complexity index is 849. The molecule has 7 heteroatoms. The Morgan fingerprint density at radius 2 is 1.71 bits per heavy atom. The van der Waals surface area contributed by atoms with E-state index in [4.69, 9.17) is 0 Å². The number of halogens is 1. The van der Waals surface area contributed by atoms with Gasteiger partial charge >= 0.3 is 0 Å². The van der Waals surface area contributed by atoms with Crippen LogP contribution in [-0.4, -0.2) is 27.1 Å². The fourth-order valence-corrected chi connectivity index (χ4v) is 3.28. The number of rotatable bonds is 5. The highest BCUT2D eigenvalue weighted by Gasteiger charge is 2.20. The fourth-order valence-electron chi connectivity index (χ4n) is 2.16. The number of hydrogen-bond donors (Lipinski definition) is 1. The quantitative estimate of drug-likeness (QED) is 0.820. The van der Waals surface area contributed by atoms with Crippen molar-refractivity contribution in [1.82, 2.24) is 0 Å². The molecule has 0 aliphatic heterocycles. The van der Waals surface area contributed by atoms with E-state index >= 15 is 0 Å². The van der Waals surface area contributed by atoms with E-state index in [1.54, 1.807) is 30.3 Å². The van der Waals surface area contributed by atoms with Crippen LogP contribution in [0.1, 0.15) is 11.1 Å². The number of benzene rings is 2. The van der Waals surface area contributed by atoms with Crippen molar-refractivity contribution in [2.75, 3.05) is 22.4 Å². The number of aryl methyl sites for hydroxylation is 2. The number of nitrogens with one attached hydrogen (secondary N) is 1. The highest BCUT2D eigenvalue weighted by atomic mass is 79.9. The summed E-state index contributed by atoms with van der Waals surface area (Å²) in [5.41, 5.74) is 3.27. The van der Waals surface area contributed by atoms with E-state index in [1.165, 1.54) is 0 Å². The van der Waals surface area contributed by atoms with Gasteiger partial charge in [0, 0.05) is 10.2 Å². The number of anilines is 2. The third-order valence-electron chi connectivity index (χ3n) is 3.59. The molecule has 0 saturated carbocycles. The van der Waals surface area contributed by atoms with Gasteiger partial charge in [0.2, 0.25) is 15.9 Å². The minimum atomic E-state index is -3.58. The van der Waals surface area contributed by atoms with E-state index in [9.17, 15) is 13.2 Å². The first-order chi connectivity index (χ1) is 11.2. The smallest absolute Gasteiger partial charge is 0.245 e. The van der Waals surface area contributed by atoms with Crippen LogP contribution in [0.2, 0.25) is 0 Å². The molecule has 0 fully saturated rings.